The van der Waals surface area contributed by atoms with E-state index in [-0.39, 0.29) is 28.6 Å². The van der Waals surface area contributed by atoms with Crippen LogP contribution in [0.5, 0.6) is 0 Å². The summed E-state index contributed by atoms with van der Waals surface area (Å²) in [5, 5.41) is 3.12. The van der Waals surface area contributed by atoms with E-state index >= 15 is 0 Å². The standard InChI is InChI=1S/C16H14P.C13H9.2FH.Ti/c1-12-6-2-5-9-16(12)17-15-10-13-7-3-4-8-14(13)11-15;1-3-7-12-10(5-1)9-11-6-2-4-8-13(11)12;;;/h2-11,17H,1H3;1-5,7-8H,9H2;2*1H;/q;;;;+2/p-2. The van der Waals surface area contributed by atoms with Gasteiger partial charge in [0.15, 0.2) is 0 Å². The van der Waals surface area contributed by atoms with Crippen molar-refractivity contribution >= 4 is 23.8 Å². The van der Waals surface area contributed by atoms with E-state index in [0.29, 0.717) is 4.22 Å². The van der Waals surface area contributed by atoms with Gasteiger partial charge in [-0.3, -0.25) is 0 Å². The predicted molar refractivity (Wildman–Crippen MR) is 131 cm³/mol. The largest absolute Gasteiger partial charge is 1.00 e. The zero-order valence-corrected chi connectivity index (χ0v) is 20.8. The third-order valence-electron chi connectivity index (χ3n) is 6.50. The minimum Gasteiger partial charge on any atom is -1.00 e. The first-order chi connectivity index (χ1) is 15.3. The third-order valence-corrected chi connectivity index (χ3v) is 11.1. The van der Waals surface area contributed by atoms with Crippen LogP contribution in [0.3, 0.4) is 0 Å². The van der Waals surface area contributed by atoms with Gasteiger partial charge >= 0.3 is 196 Å². The van der Waals surface area contributed by atoms with Crippen molar-refractivity contribution in [2.24, 2.45) is 0 Å². The second-order valence-corrected chi connectivity index (χ2v) is 12.0. The molecule has 4 aromatic carbocycles. The molecule has 0 bridgehead atoms. The summed E-state index contributed by atoms with van der Waals surface area (Å²) in [6, 6.07) is 33.9. The minimum atomic E-state index is -0.357. The summed E-state index contributed by atoms with van der Waals surface area (Å²) in [5.41, 5.74) is 10.4. The molecule has 2 unspecified atom stereocenters. The van der Waals surface area contributed by atoms with Crippen LogP contribution in [0.4, 0.5) is 0 Å². The summed E-state index contributed by atoms with van der Waals surface area (Å²) in [5.74, 6) is 0. The van der Waals surface area contributed by atoms with Crippen LogP contribution in [-0.2, 0) is 25.6 Å². The van der Waals surface area contributed by atoms with Gasteiger partial charge < -0.3 is 9.41 Å². The normalized spacial score (nSPS) is 15.1. The number of hydrogen-bond donors (Lipinski definition) is 0. The molecule has 0 spiro atoms. The number of halogens is 2. The van der Waals surface area contributed by atoms with Crippen LogP contribution in [0, 0.1) is 6.92 Å². The number of allylic oxidation sites excluding steroid dienone is 1. The summed E-state index contributed by atoms with van der Waals surface area (Å²) in [7, 11) is 0.755. The first kappa shape index (κ1) is 23.8. The van der Waals surface area contributed by atoms with E-state index < -0.39 is 0 Å². The van der Waals surface area contributed by atoms with Crippen LogP contribution in [0.25, 0.3) is 17.2 Å². The molecule has 0 aliphatic heterocycles. The molecule has 2 aliphatic carbocycles. The summed E-state index contributed by atoms with van der Waals surface area (Å²) in [4.78, 5) is 0. The number of aryl methyl sites for hydroxylation is 1. The number of benzene rings is 4. The molecule has 6 rings (SSSR count). The SMILES string of the molecule is Cc1ccccc1PC1=Cc2ccccc2[CH]1[Ti+2][c]1cccc2c1Cc1ccccc1-2.[F-].[F-]. The van der Waals surface area contributed by atoms with Gasteiger partial charge in [0, 0.05) is 0 Å². The molecule has 0 N–H and O–H groups in total. The molecule has 0 radical (unpaired) electrons. The molecule has 0 aromatic heterocycles. The zero-order chi connectivity index (χ0) is 20.8. The molecule has 4 aromatic rings. The average molecular weight is 488 g/mol. The van der Waals surface area contributed by atoms with E-state index in [2.05, 4.69) is 104 Å². The first-order valence-electron chi connectivity index (χ1n) is 10.9. The van der Waals surface area contributed by atoms with Crippen LogP contribution >= 0.6 is 8.58 Å². The molecule has 162 valence electrons. The van der Waals surface area contributed by atoms with Gasteiger partial charge in [0.1, 0.15) is 0 Å². The fraction of sp³-hybridized carbons (Fsp3) is 0.103. The van der Waals surface area contributed by atoms with E-state index in [9.17, 15) is 0 Å². The summed E-state index contributed by atoms with van der Waals surface area (Å²) >= 11 is -0.357. The molecular formula is C29H23F2PTi. The minimum absolute atomic E-state index is 0. The van der Waals surface area contributed by atoms with Crippen LogP contribution in [0.15, 0.2) is 96.3 Å². The van der Waals surface area contributed by atoms with Gasteiger partial charge in [0.25, 0.3) is 0 Å². The molecule has 0 heterocycles. The van der Waals surface area contributed by atoms with Gasteiger partial charge in [-0.15, -0.1) is 0 Å². The van der Waals surface area contributed by atoms with Gasteiger partial charge in [-0.25, -0.2) is 0 Å². The Morgan fingerprint density at radius 1 is 0.758 bits per heavy atom. The fourth-order valence-corrected chi connectivity index (χ4v) is 9.27. The maximum atomic E-state index is 2.49. The molecule has 0 nitrogen and oxygen atoms in total. The fourth-order valence-electron chi connectivity index (χ4n) is 4.90. The molecule has 4 heteroatoms. The number of fused-ring (bicyclic) bond motifs is 4. The van der Waals surface area contributed by atoms with Crippen molar-refractivity contribution in [3.63, 3.8) is 0 Å². The monoisotopic (exact) mass is 488 g/mol. The second kappa shape index (κ2) is 9.86. The van der Waals surface area contributed by atoms with Crippen molar-refractivity contribution in [3.05, 3.63) is 124 Å². The van der Waals surface area contributed by atoms with Crippen molar-refractivity contribution in [3.8, 4) is 11.1 Å². The van der Waals surface area contributed by atoms with Gasteiger partial charge in [-0.05, 0) is 0 Å². The predicted octanol–water partition coefficient (Wildman–Crippen LogP) is 0.382. The van der Waals surface area contributed by atoms with Crippen molar-refractivity contribution < 1.29 is 28.6 Å². The molecule has 2 aliphatic rings. The smallest absolute Gasteiger partial charge is 1.00 e. The molecule has 0 saturated heterocycles. The molecule has 33 heavy (non-hydrogen) atoms. The summed E-state index contributed by atoms with van der Waals surface area (Å²) in [6.07, 6.45) is 3.59. The van der Waals surface area contributed by atoms with Crippen LogP contribution in [-0.4, -0.2) is 0 Å². The molecule has 0 fully saturated rings. The maximum absolute atomic E-state index is 2.49. The van der Waals surface area contributed by atoms with E-state index in [1.807, 2.05) is 0 Å². The second-order valence-electron chi connectivity index (χ2n) is 8.41. The Kier molecular flexibility index (Phi) is 7.10. The quantitative estimate of drug-likeness (QED) is 0.254. The van der Waals surface area contributed by atoms with Crippen molar-refractivity contribution in [1.29, 1.82) is 0 Å². The number of rotatable bonds is 4. The van der Waals surface area contributed by atoms with Gasteiger partial charge in [0.05, 0.1) is 0 Å². The van der Waals surface area contributed by atoms with Crippen LogP contribution in [0.1, 0.15) is 32.0 Å². The number of hydrogen-bond acceptors (Lipinski definition) is 0. The molecule has 0 saturated carbocycles. The maximum Gasteiger partial charge on any atom is -1.00 e. The van der Waals surface area contributed by atoms with Crippen molar-refractivity contribution in [2.75, 3.05) is 0 Å². The first-order valence-corrected chi connectivity index (χ1v) is 13.6. The molecule has 2 atom stereocenters. The van der Waals surface area contributed by atoms with Crippen molar-refractivity contribution in [1.82, 2.24) is 0 Å². The van der Waals surface area contributed by atoms with Gasteiger partial charge in [0.2, 0.25) is 0 Å². The Morgan fingerprint density at radius 3 is 2.36 bits per heavy atom. The summed E-state index contributed by atoms with van der Waals surface area (Å²) in [6.45, 7) is 2.25. The molecule has 0 amide bonds. The van der Waals surface area contributed by atoms with Crippen LogP contribution < -0.4 is 18.6 Å². The third kappa shape index (κ3) is 4.29. The van der Waals surface area contributed by atoms with Crippen LogP contribution in [0.2, 0.25) is 0 Å². The Morgan fingerprint density at radius 2 is 1.48 bits per heavy atom. The Labute approximate surface area is 204 Å². The average Bonchev–Trinajstić information content (AvgIpc) is 3.34. The Bertz CT molecular complexity index is 1350. The Balaban J connectivity index is 0.00000130. The topological polar surface area (TPSA) is 0 Å². The van der Waals surface area contributed by atoms with E-state index in [4.69, 9.17) is 0 Å². The van der Waals surface area contributed by atoms with Crippen molar-refractivity contribution in [2.45, 2.75) is 17.6 Å². The van der Waals surface area contributed by atoms with E-state index in [0.717, 1.165) is 15.0 Å². The van der Waals surface area contributed by atoms with Gasteiger partial charge in [-0.1, -0.05) is 0 Å². The zero-order valence-electron chi connectivity index (χ0n) is 18.3. The van der Waals surface area contributed by atoms with Gasteiger partial charge in [-0.2, -0.15) is 0 Å². The summed E-state index contributed by atoms with van der Waals surface area (Å²) < 4.78 is 2.22. The van der Waals surface area contributed by atoms with E-state index in [1.54, 1.807) is 20.3 Å². The molecular weight excluding hydrogens is 465 g/mol. The van der Waals surface area contributed by atoms with E-state index in [1.165, 1.54) is 33.1 Å². The Hall–Kier alpha value is -2.38.